The van der Waals surface area contributed by atoms with Gasteiger partial charge in [0.2, 0.25) is 0 Å². The minimum atomic E-state index is -0.453. The van der Waals surface area contributed by atoms with Gasteiger partial charge in [0.05, 0.1) is 10.9 Å². The Bertz CT molecular complexity index is 1000. The van der Waals surface area contributed by atoms with Crippen molar-refractivity contribution in [3.63, 3.8) is 0 Å². The van der Waals surface area contributed by atoms with Crippen LogP contribution in [0.15, 0.2) is 46.0 Å². The van der Waals surface area contributed by atoms with Crippen molar-refractivity contribution < 1.29 is 0 Å². The smallest absolute Gasteiger partial charge is 0.307 e. The third kappa shape index (κ3) is 2.29. The molecule has 2 aromatic carbocycles. The van der Waals surface area contributed by atoms with Crippen molar-refractivity contribution in [3.05, 3.63) is 68.4 Å². The summed E-state index contributed by atoms with van der Waals surface area (Å²) in [5.41, 5.74) is 4.34. The Morgan fingerprint density at radius 3 is 2.61 bits per heavy atom. The Morgan fingerprint density at radius 1 is 1.04 bits per heavy atom. The van der Waals surface area contributed by atoms with Gasteiger partial charge in [0.1, 0.15) is 0 Å². The highest BCUT2D eigenvalue weighted by atomic mass is 16.2. The van der Waals surface area contributed by atoms with Gasteiger partial charge in [-0.25, -0.2) is 4.79 Å². The van der Waals surface area contributed by atoms with E-state index in [0.717, 1.165) is 36.2 Å². The van der Waals surface area contributed by atoms with E-state index in [1.54, 1.807) is 0 Å². The summed E-state index contributed by atoms with van der Waals surface area (Å²) in [6.45, 7) is 1.69. The molecule has 0 spiro atoms. The summed E-state index contributed by atoms with van der Waals surface area (Å²) in [5, 5.41) is 0.539. The molecule has 0 saturated heterocycles. The van der Waals surface area contributed by atoms with Crippen molar-refractivity contribution in [2.45, 2.75) is 13.0 Å². The van der Waals surface area contributed by atoms with Crippen molar-refractivity contribution in [1.29, 1.82) is 0 Å². The first kappa shape index (κ1) is 14.0. The molecule has 4 rings (SSSR count). The number of benzene rings is 2. The van der Waals surface area contributed by atoms with Crippen LogP contribution in [0, 0.1) is 0 Å². The lowest BCUT2D eigenvalue weighted by Gasteiger charge is -2.28. The maximum Gasteiger partial charge on any atom is 0.326 e. The predicted octanol–water partition coefficient (Wildman–Crippen LogP) is 1.87. The molecule has 0 unspecified atom stereocenters. The van der Waals surface area contributed by atoms with Gasteiger partial charge < -0.3 is 9.88 Å². The van der Waals surface area contributed by atoms with Gasteiger partial charge in [0, 0.05) is 13.1 Å². The minimum absolute atomic E-state index is 0.336. The third-order valence-electron chi connectivity index (χ3n) is 4.52. The van der Waals surface area contributed by atoms with Gasteiger partial charge in [0.25, 0.3) is 5.56 Å². The van der Waals surface area contributed by atoms with Crippen molar-refractivity contribution in [1.82, 2.24) is 14.9 Å². The number of nitrogens with zero attached hydrogens (tertiary/aromatic N) is 1. The number of likely N-dealkylation sites (N-methyl/N-ethyl adjacent to an activating group) is 1. The minimum Gasteiger partial charge on any atom is -0.307 e. The summed E-state index contributed by atoms with van der Waals surface area (Å²) in [5.74, 6) is 0. The van der Waals surface area contributed by atoms with E-state index in [1.807, 2.05) is 24.3 Å². The number of H-pyrrole nitrogens is 2. The SMILES string of the molecule is CN1CCc2c(-c3ccccc3)cc3c(=O)[nH]c(=O)[nH]c3c2C1. The summed E-state index contributed by atoms with van der Waals surface area (Å²) >= 11 is 0. The number of hydrogen-bond acceptors (Lipinski definition) is 3. The molecule has 2 N–H and O–H groups in total. The van der Waals surface area contributed by atoms with Gasteiger partial charge in [-0.1, -0.05) is 30.3 Å². The van der Waals surface area contributed by atoms with E-state index in [1.165, 1.54) is 5.56 Å². The number of aromatic amines is 2. The maximum atomic E-state index is 12.3. The van der Waals surface area contributed by atoms with Crippen molar-refractivity contribution in [2.75, 3.05) is 13.6 Å². The normalized spacial score (nSPS) is 14.8. The summed E-state index contributed by atoms with van der Waals surface area (Å²) < 4.78 is 0. The van der Waals surface area contributed by atoms with Gasteiger partial charge in [-0.2, -0.15) is 0 Å². The standard InChI is InChI=1S/C18H17N3O2/c1-21-8-7-12-13(11-5-3-2-4-6-11)9-14-16(15(12)10-21)19-18(23)20-17(14)22/h2-6,9H,7-8,10H2,1H3,(H2,19,20,22,23). The fraction of sp³-hybridized carbons (Fsp3) is 0.222. The summed E-state index contributed by atoms with van der Waals surface area (Å²) in [4.78, 5) is 31.3. The maximum absolute atomic E-state index is 12.3. The van der Waals surface area contributed by atoms with Crippen LogP contribution in [0.3, 0.4) is 0 Å². The molecular formula is C18H17N3O2. The van der Waals surface area contributed by atoms with Crippen LogP contribution >= 0.6 is 0 Å². The van der Waals surface area contributed by atoms with Crippen LogP contribution in [0.1, 0.15) is 11.1 Å². The molecule has 1 aliphatic heterocycles. The van der Waals surface area contributed by atoms with Crippen molar-refractivity contribution in [2.24, 2.45) is 0 Å². The molecule has 0 fully saturated rings. The van der Waals surface area contributed by atoms with Gasteiger partial charge in [-0.05, 0) is 41.8 Å². The topological polar surface area (TPSA) is 69.0 Å². The highest BCUT2D eigenvalue weighted by Gasteiger charge is 2.21. The lowest BCUT2D eigenvalue weighted by molar-refractivity contribution is 0.314. The van der Waals surface area contributed by atoms with Crippen molar-refractivity contribution >= 4 is 10.9 Å². The second-order valence-corrected chi connectivity index (χ2v) is 6.07. The Balaban J connectivity index is 2.13. The van der Waals surface area contributed by atoms with Crippen LogP contribution in [0.5, 0.6) is 0 Å². The predicted molar refractivity (Wildman–Crippen MR) is 90.7 cm³/mol. The highest BCUT2D eigenvalue weighted by Crippen LogP contribution is 2.33. The summed E-state index contributed by atoms with van der Waals surface area (Å²) in [6.07, 6.45) is 0.904. The lowest BCUT2D eigenvalue weighted by atomic mass is 9.89. The molecule has 1 aromatic heterocycles. The first-order valence-corrected chi connectivity index (χ1v) is 7.68. The second-order valence-electron chi connectivity index (χ2n) is 6.07. The fourth-order valence-corrected chi connectivity index (χ4v) is 3.40. The molecule has 116 valence electrons. The van der Waals surface area contributed by atoms with Crippen LogP contribution in [-0.2, 0) is 13.0 Å². The quantitative estimate of drug-likeness (QED) is 0.721. The molecule has 3 aromatic rings. The molecule has 0 saturated carbocycles. The number of rotatable bonds is 1. The van der Waals surface area contributed by atoms with E-state index in [9.17, 15) is 9.59 Å². The molecule has 5 nitrogen and oxygen atoms in total. The summed E-state index contributed by atoms with van der Waals surface area (Å²) in [7, 11) is 2.05. The monoisotopic (exact) mass is 307 g/mol. The van der Waals surface area contributed by atoms with Crippen LogP contribution in [0.4, 0.5) is 0 Å². The second kappa shape index (κ2) is 5.21. The molecule has 0 amide bonds. The van der Waals surface area contributed by atoms with Gasteiger partial charge in [0.15, 0.2) is 0 Å². The Hall–Kier alpha value is -2.66. The Morgan fingerprint density at radius 2 is 1.83 bits per heavy atom. The van der Waals surface area contributed by atoms with Gasteiger partial charge in [-0.3, -0.25) is 9.78 Å². The number of nitrogens with one attached hydrogen (secondary N) is 2. The molecule has 0 bridgehead atoms. The third-order valence-corrected chi connectivity index (χ3v) is 4.52. The van der Waals surface area contributed by atoms with Gasteiger partial charge >= 0.3 is 5.69 Å². The van der Waals surface area contributed by atoms with Crippen LogP contribution in [0.2, 0.25) is 0 Å². The first-order chi connectivity index (χ1) is 11.1. The molecule has 0 radical (unpaired) electrons. The fourth-order valence-electron chi connectivity index (χ4n) is 3.40. The number of fused-ring (bicyclic) bond motifs is 3. The molecule has 2 heterocycles. The van der Waals surface area contributed by atoms with E-state index in [2.05, 4.69) is 34.0 Å². The van der Waals surface area contributed by atoms with E-state index in [-0.39, 0.29) is 5.56 Å². The zero-order valence-electron chi connectivity index (χ0n) is 12.8. The van der Waals surface area contributed by atoms with Crippen LogP contribution < -0.4 is 11.2 Å². The van der Waals surface area contributed by atoms with Gasteiger partial charge in [-0.15, -0.1) is 0 Å². The highest BCUT2D eigenvalue weighted by molar-refractivity contribution is 5.89. The molecule has 23 heavy (non-hydrogen) atoms. The Kier molecular flexibility index (Phi) is 3.16. The molecule has 0 aliphatic carbocycles. The number of aromatic nitrogens is 2. The van der Waals surface area contributed by atoms with E-state index >= 15 is 0 Å². The van der Waals surface area contributed by atoms with E-state index < -0.39 is 5.69 Å². The van der Waals surface area contributed by atoms with Crippen LogP contribution in [0.25, 0.3) is 22.0 Å². The largest absolute Gasteiger partial charge is 0.326 e. The molecular weight excluding hydrogens is 290 g/mol. The Labute approximate surface area is 132 Å². The number of hydrogen-bond donors (Lipinski definition) is 2. The lowest BCUT2D eigenvalue weighted by Crippen LogP contribution is -2.29. The summed E-state index contributed by atoms with van der Waals surface area (Å²) in [6, 6.07) is 12.0. The van der Waals surface area contributed by atoms with E-state index in [0.29, 0.717) is 10.9 Å². The van der Waals surface area contributed by atoms with Crippen molar-refractivity contribution in [3.8, 4) is 11.1 Å². The molecule has 5 heteroatoms. The first-order valence-electron chi connectivity index (χ1n) is 7.68. The zero-order valence-corrected chi connectivity index (χ0v) is 12.8. The zero-order chi connectivity index (χ0) is 16.0. The molecule has 0 atom stereocenters. The average Bonchev–Trinajstić information content (AvgIpc) is 2.55. The average molecular weight is 307 g/mol. The van der Waals surface area contributed by atoms with E-state index in [4.69, 9.17) is 0 Å². The molecule has 1 aliphatic rings. The van der Waals surface area contributed by atoms with Crippen LogP contribution in [-0.4, -0.2) is 28.5 Å².